The molecule has 0 aliphatic rings. The zero-order valence-corrected chi connectivity index (χ0v) is 12.7. The van der Waals surface area contributed by atoms with Crippen LogP contribution in [-0.2, 0) is 33.2 Å². The molecule has 1 amide bonds. The summed E-state index contributed by atoms with van der Waals surface area (Å²) in [4.78, 5) is 58.6. The van der Waals surface area contributed by atoms with Crippen LogP contribution < -0.4 is 16.6 Å². The van der Waals surface area contributed by atoms with Gasteiger partial charge in [0.2, 0.25) is 5.91 Å². The fraction of sp³-hybridized carbons (Fsp3) is 0.462. The van der Waals surface area contributed by atoms with E-state index in [1.165, 1.54) is 21.0 Å². The molecule has 120 valence electrons. The Morgan fingerprint density at radius 3 is 2.36 bits per heavy atom. The molecule has 1 unspecified atom stereocenters. The molecule has 1 N–H and O–H groups in total. The van der Waals surface area contributed by atoms with Crippen LogP contribution in [0.5, 0.6) is 0 Å². The van der Waals surface area contributed by atoms with Crippen LogP contribution >= 0.6 is 0 Å². The molecular weight excluding hydrogens is 294 g/mol. The number of anilines is 1. The van der Waals surface area contributed by atoms with Gasteiger partial charge < -0.3 is 14.6 Å². The van der Waals surface area contributed by atoms with E-state index in [1.807, 2.05) is 0 Å². The van der Waals surface area contributed by atoms with Gasteiger partial charge in [-0.3, -0.25) is 23.7 Å². The first-order valence-electron chi connectivity index (χ1n) is 6.45. The van der Waals surface area contributed by atoms with E-state index < -0.39 is 34.8 Å². The smallest absolute Gasteiger partial charge is 0.330 e. The van der Waals surface area contributed by atoms with Gasteiger partial charge in [0.15, 0.2) is 11.7 Å². The number of ether oxygens (including phenoxy) is 1. The van der Waals surface area contributed by atoms with Crippen molar-refractivity contribution in [2.45, 2.75) is 13.8 Å². The lowest BCUT2D eigenvalue weighted by Gasteiger charge is -2.13. The molecule has 0 bridgehead atoms. The lowest BCUT2D eigenvalue weighted by Crippen LogP contribution is -2.41. The van der Waals surface area contributed by atoms with Gasteiger partial charge >= 0.3 is 11.7 Å². The molecule has 0 aliphatic heterocycles. The first kappa shape index (κ1) is 17.3. The van der Waals surface area contributed by atoms with E-state index in [4.69, 9.17) is 0 Å². The van der Waals surface area contributed by atoms with Gasteiger partial charge in [-0.05, 0) is 13.8 Å². The van der Waals surface area contributed by atoms with Gasteiger partial charge in [-0.2, -0.15) is 0 Å². The van der Waals surface area contributed by atoms with E-state index in [2.05, 4.69) is 10.1 Å². The zero-order chi connectivity index (χ0) is 17.0. The molecule has 0 radical (unpaired) electrons. The number of Topliss-reactive ketones (excluding diaryl/α,β-unsaturated/α-hetero) is 1. The van der Waals surface area contributed by atoms with E-state index in [0.29, 0.717) is 0 Å². The summed E-state index contributed by atoms with van der Waals surface area (Å²) < 4.78 is 6.54. The summed E-state index contributed by atoms with van der Waals surface area (Å²) in [5.41, 5.74) is -1.54. The Hall–Kier alpha value is -2.71. The van der Waals surface area contributed by atoms with E-state index >= 15 is 0 Å². The van der Waals surface area contributed by atoms with Crippen LogP contribution in [0.15, 0.2) is 15.8 Å². The molecule has 1 aromatic rings. The monoisotopic (exact) mass is 311 g/mol. The molecule has 1 heterocycles. The average molecular weight is 311 g/mol. The number of nitrogens with one attached hydrogen (secondary N) is 1. The topological polar surface area (TPSA) is 116 Å². The number of aromatic nitrogens is 2. The van der Waals surface area contributed by atoms with Crippen molar-refractivity contribution in [3.05, 3.63) is 27.0 Å². The SMILES string of the molecule is CCOC(=O)C(C(C)=O)C(=O)Nc1cn(C)c(=O)n(C)c1=O. The number of rotatable bonds is 5. The Labute approximate surface area is 125 Å². The van der Waals surface area contributed by atoms with E-state index in [1.54, 1.807) is 0 Å². The minimum atomic E-state index is -1.66. The molecule has 0 saturated heterocycles. The lowest BCUT2D eigenvalue weighted by atomic mass is 10.0. The summed E-state index contributed by atoms with van der Waals surface area (Å²) in [6, 6.07) is 0. The first-order chi connectivity index (χ1) is 10.2. The van der Waals surface area contributed by atoms with Crippen molar-refractivity contribution >= 4 is 23.3 Å². The van der Waals surface area contributed by atoms with Crippen LogP contribution in [0, 0.1) is 5.92 Å². The molecular formula is C13H17N3O6. The summed E-state index contributed by atoms with van der Waals surface area (Å²) in [6.45, 7) is 2.62. The Morgan fingerprint density at radius 2 is 1.86 bits per heavy atom. The number of hydrogen-bond donors (Lipinski definition) is 1. The fourth-order valence-corrected chi connectivity index (χ4v) is 1.78. The Morgan fingerprint density at radius 1 is 1.27 bits per heavy atom. The number of ketones is 1. The molecule has 0 fully saturated rings. The van der Waals surface area contributed by atoms with Crippen LogP contribution in [0.1, 0.15) is 13.8 Å². The van der Waals surface area contributed by atoms with Gasteiger partial charge in [-0.15, -0.1) is 0 Å². The minimum absolute atomic E-state index is 0.0114. The van der Waals surface area contributed by atoms with Gasteiger partial charge in [0, 0.05) is 20.3 Å². The third-order valence-electron chi connectivity index (χ3n) is 2.90. The Bertz CT molecular complexity index is 730. The van der Waals surface area contributed by atoms with Crippen molar-refractivity contribution < 1.29 is 19.1 Å². The lowest BCUT2D eigenvalue weighted by molar-refractivity contribution is -0.153. The van der Waals surface area contributed by atoms with Crippen molar-refractivity contribution in [2.24, 2.45) is 20.0 Å². The van der Waals surface area contributed by atoms with Crippen molar-refractivity contribution in [1.29, 1.82) is 0 Å². The molecule has 0 saturated carbocycles. The number of nitrogens with zero attached hydrogens (tertiary/aromatic N) is 2. The average Bonchev–Trinajstić information content (AvgIpc) is 2.42. The molecule has 1 atom stereocenters. The number of carbonyl (C=O) groups excluding carboxylic acids is 3. The van der Waals surface area contributed by atoms with Gasteiger partial charge in [0.25, 0.3) is 5.56 Å². The minimum Gasteiger partial charge on any atom is -0.465 e. The maximum absolute atomic E-state index is 12.1. The molecule has 0 aromatic carbocycles. The van der Waals surface area contributed by atoms with Gasteiger partial charge in [0.05, 0.1) is 6.61 Å². The number of amides is 1. The van der Waals surface area contributed by atoms with Crippen molar-refractivity contribution in [1.82, 2.24) is 9.13 Å². The van der Waals surface area contributed by atoms with Crippen molar-refractivity contribution in [2.75, 3.05) is 11.9 Å². The summed E-state index contributed by atoms with van der Waals surface area (Å²) in [5, 5.41) is 2.19. The van der Waals surface area contributed by atoms with Crippen LogP contribution in [0.3, 0.4) is 0 Å². The Kier molecular flexibility index (Phi) is 5.39. The molecule has 9 nitrogen and oxygen atoms in total. The highest BCUT2D eigenvalue weighted by molar-refractivity contribution is 6.19. The van der Waals surface area contributed by atoms with E-state index in [0.717, 1.165) is 22.3 Å². The van der Waals surface area contributed by atoms with Crippen LogP contribution in [0.25, 0.3) is 0 Å². The molecule has 1 rings (SSSR count). The number of hydrogen-bond acceptors (Lipinski definition) is 6. The summed E-state index contributed by atoms with van der Waals surface area (Å²) in [7, 11) is 2.64. The molecule has 0 aliphatic carbocycles. The first-order valence-corrected chi connectivity index (χ1v) is 6.45. The molecule has 0 spiro atoms. The number of aryl methyl sites for hydroxylation is 1. The third-order valence-corrected chi connectivity index (χ3v) is 2.90. The second kappa shape index (κ2) is 6.83. The highest BCUT2D eigenvalue weighted by Gasteiger charge is 2.33. The molecule has 1 aromatic heterocycles. The number of carbonyl (C=O) groups is 3. The van der Waals surface area contributed by atoms with Crippen LogP contribution in [0.2, 0.25) is 0 Å². The highest BCUT2D eigenvalue weighted by Crippen LogP contribution is 2.06. The predicted octanol–water partition coefficient (Wildman–Crippen LogP) is -1.21. The fourth-order valence-electron chi connectivity index (χ4n) is 1.78. The van der Waals surface area contributed by atoms with Crippen molar-refractivity contribution in [3.63, 3.8) is 0 Å². The number of esters is 1. The normalized spacial score (nSPS) is 11.6. The van der Waals surface area contributed by atoms with Crippen LogP contribution in [0.4, 0.5) is 5.69 Å². The standard InChI is InChI=1S/C13H17N3O6/c1-5-22-12(20)9(7(2)17)10(18)14-8-6-15(3)13(21)16(4)11(8)19/h6,9H,5H2,1-4H3,(H,14,18). The summed E-state index contributed by atoms with van der Waals surface area (Å²) in [6.07, 6.45) is 1.12. The molecule has 22 heavy (non-hydrogen) atoms. The molecule has 9 heteroatoms. The third kappa shape index (κ3) is 3.48. The van der Waals surface area contributed by atoms with E-state index in [9.17, 15) is 24.0 Å². The van der Waals surface area contributed by atoms with Crippen molar-refractivity contribution in [3.8, 4) is 0 Å². The van der Waals surface area contributed by atoms with Gasteiger partial charge in [-0.25, -0.2) is 4.79 Å². The predicted molar refractivity (Wildman–Crippen MR) is 76.4 cm³/mol. The quantitative estimate of drug-likeness (QED) is 0.539. The largest absolute Gasteiger partial charge is 0.465 e. The second-order valence-electron chi connectivity index (χ2n) is 4.59. The van der Waals surface area contributed by atoms with Crippen LogP contribution in [-0.4, -0.2) is 33.4 Å². The second-order valence-corrected chi connectivity index (χ2v) is 4.59. The summed E-state index contributed by atoms with van der Waals surface area (Å²) >= 11 is 0. The van der Waals surface area contributed by atoms with Gasteiger partial charge in [-0.1, -0.05) is 0 Å². The Balaban J connectivity index is 3.16. The maximum Gasteiger partial charge on any atom is 0.330 e. The zero-order valence-electron chi connectivity index (χ0n) is 12.7. The van der Waals surface area contributed by atoms with E-state index in [-0.39, 0.29) is 12.3 Å². The van der Waals surface area contributed by atoms with Gasteiger partial charge in [0.1, 0.15) is 5.69 Å². The maximum atomic E-state index is 12.1. The highest BCUT2D eigenvalue weighted by atomic mass is 16.5. The summed E-state index contributed by atoms with van der Waals surface area (Å²) in [5.74, 6) is -4.35.